The van der Waals surface area contributed by atoms with Crippen LogP contribution in [0.3, 0.4) is 0 Å². The minimum Gasteiger partial charge on any atom is -0.478 e. The number of nitrogens with one attached hydrogen (secondary N) is 1. The first-order chi connectivity index (χ1) is 14.3. The number of ether oxygens (including phenoxy) is 1. The second-order valence-corrected chi connectivity index (χ2v) is 7.50. The van der Waals surface area contributed by atoms with Crippen LogP contribution < -0.4 is 5.32 Å². The Balaban J connectivity index is 1.56. The number of carbonyl (C=O) groups is 4. The smallest absolute Gasteiger partial charge is 0.337 e. The standard InChI is InChI=1S/C21H17ClN2O6/c22-12-4-6-17(16(9-12)21(28)29)23-18(25)11-3-5-14-15(8-11)20(27)24(19(14)26)10-13-2-1-7-30-13/h3-6,8-9,13H,1-2,7,10H2,(H,23,25)(H,28,29)/t13-/m1/s1. The van der Waals surface area contributed by atoms with Crippen LogP contribution in [0.25, 0.3) is 0 Å². The van der Waals surface area contributed by atoms with E-state index in [1.807, 2.05) is 0 Å². The Morgan fingerprint density at radius 1 is 1.13 bits per heavy atom. The maximum atomic E-state index is 12.7. The molecule has 154 valence electrons. The number of carboxylic acid groups (broad SMARTS) is 1. The summed E-state index contributed by atoms with van der Waals surface area (Å²) in [5, 5.41) is 12.0. The van der Waals surface area contributed by atoms with Crippen LogP contribution in [0.5, 0.6) is 0 Å². The van der Waals surface area contributed by atoms with E-state index in [0.29, 0.717) is 6.61 Å². The summed E-state index contributed by atoms with van der Waals surface area (Å²) in [4.78, 5) is 50.5. The average Bonchev–Trinajstić information content (AvgIpc) is 3.32. The molecule has 2 aromatic carbocycles. The predicted molar refractivity (Wildman–Crippen MR) is 107 cm³/mol. The molecule has 0 aromatic heterocycles. The Kier molecular flexibility index (Phi) is 5.27. The van der Waals surface area contributed by atoms with Crippen LogP contribution in [0.2, 0.25) is 5.02 Å². The third-order valence-electron chi connectivity index (χ3n) is 5.10. The van der Waals surface area contributed by atoms with Gasteiger partial charge in [0.1, 0.15) is 0 Å². The van der Waals surface area contributed by atoms with Gasteiger partial charge >= 0.3 is 5.97 Å². The lowest BCUT2D eigenvalue weighted by atomic mass is 10.0. The first kappa shape index (κ1) is 20.1. The van der Waals surface area contributed by atoms with Crippen LogP contribution in [0.4, 0.5) is 5.69 Å². The number of carboxylic acids is 1. The van der Waals surface area contributed by atoms with Gasteiger partial charge in [0.2, 0.25) is 0 Å². The molecule has 2 N–H and O–H groups in total. The zero-order chi connectivity index (χ0) is 21.4. The number of amides is 3. The second kappa shape index (κ2) is 7.89. The van der Waals surface area contributed by atoms with E-state index in [1.54, 1.807) is 0 Å². The molecule has 30 heavy (non-hydrogen) atoms. The normalized spacial score (nSPS) is 17.9. The van der Waals surface area contributed by atoms with Crippen LogP contribution in [-0.4, -0.2) is 53.0 Å². The first-order valence-corrected chi connectivity index (χ1v) is 9.69. The topological polar surface area (TPSA) is 113 Å². The van der Waals surface area contributed by atoms with Crippen LogP contribution in [0.15, 0.2) is 36.4 Å². The minimum atomic E-state index is -1.24. The molecule has 9 heteroatoms. The molecule has 2 heterocycles. The molecule has 4 rings (SSSR count). The number of rotatable bonds is 5. The van der Waals surface area contributed by atoms with Crippen LogP contribution in [0, 0.1) is 0 Å². The zero-order valence-corrected chi connectivity index (χ0v) is 16.4. The zero-order valence-electron chi connectivity index (χ0n) is 15.7. The number of fused-ring (bicyclic) bond motifs is 1. The summed E-state index contributed by atoms with van der Waals surface area (Å²) in [5.74, 6) is -2.74. The molecule has 1 fully saturated rings. The Morgan fingerprint density at radius 2 is 1.90 bits per heavy atom. The average molecular weight is 429 g/mol. The van der Waals surface area contributed by atoms with Crippen molar-refractivity contribution in [2.75, 3.05) is 18.5 Å². The van der Waals surface area contributed by atoms with Gasteiger partial charge in [-0.05, 0) is 49.2 Å². The molecule has 0 bridgehead atoms. The maximum absolute atomic E-state index is 12.7. The molecule has 0 spiro atoms. The summed E-state index contributed by atoms with van der Waals surface area (Å²) >= 11 is 5.82. The summed E-state index contributed by atoms with van der Waals surface area (Å²) in [5.41, 5.74) is 0.401. The van der Waals surface area contributed by atoms with Crippen molar-refractivity contribution in [2.24, 2.45) is 0 Å². The van der Waals surface area contributed by atoms with E-state index in [4.69, 9.17) is 16.3 Å². The fourth-order valence-corrected chi connectivity index (χ4v) is 3.76. The number of carbonyl (C=O) groups excluding carboxylic acids is 3. The van der Waals surface area contributed by atoms with Gasteiger partial charge in [-0.15, -0.1) is 0 Å². The Bertz CT molecular complexity index is 1080. The van der Waals surface area contributed by atoms with Crippen molar-refractivity contribution in [1.29, 1.82) is 0 Å². The van der Waals surface area contributed by atoms with Crippen LogP contribution in [-0.2, 0) is 4.74 Å². The quantitative estimate of drug-likeness (QED) is 0.707. The second-order valence-electron chi connectivity index (χ2n) is 7.07. The summed E-state index contributed by atoms with van der Waals surface area (Å²) in [6.07, 6.45) is 1.50. The highest BCUT2D eigenvalue weighted by Crippen LogP contribution is 2.27. The summed E-state index contributed by atoms with van der Waals surface area (Å²) < 4.78 is 5.51. The van der Waals surface area contributed by atoms with E-state index in [9.17, 15) is 24.3 Å². The molecular formula is C21H17ClN2O6. The van der Waals surface area contributed by atoms with E-state index in [1.165, 1.54) is 36.4 Å². The fourth-order valence-electron chi connectivity index (χ4n) is 3.59. The van der Waals surface area contributed by atoms with E-state index < -0.39 is 23.7 Å². The molecule has 2 aliphatic heterocycles. The summed E-state index contributed by atoms with van der Waals surface area (Å²) in [6, 6.07) is 8.27. The number of benzene rings is 2. The van der Waals surface area contributed by atoms with Crippen LogP contribution in [0.1, 0.15) is 54.3 Å². The minimum absolute atomic E-state index is 0.0693. The highest BCUT2D eigenvalue weighted by molar-refractivity contribution is 6.31. The van der Waals surface area contributed by atoms with Gasteiger partial charge in [0, 0.05) is 17.2 Å². The van der Waals surface area contributed by atoms with Gasteiger partial charge in [-0.2, -0.15) is 0 Å². The predicted octanol–water partition coefficient (Wildman–Crippen LogP) is 3.07. The first-order valence-electron chi connectivity index (χ1n) is 9.31. The van der Waals surface area contributed by atoms with Crippen molar-refractivity contribution >= 4 is 41.0 Å². The van der Waals surface area contributed by atoms with E-state index in [0.717, 1.165) is 17.7 Å². The van der Waals surface area contributed by atoms with Gasteiger partial charge in [0.25, 0.3) is 17.7 Å². The highest BCUT2D eigenvalue weighted by Gasteiger charge is 2.38. The summed E-state index contributed by atoms with van der Waals surface area (Å²) in [7, 11) is 0. The lowest BCUT2D eigenvalue weighted by molar-refractivity contribution is 0.0475. The molecule has 8 nitrogen and oxygen atoms in total. The molecule has 0 saturated carbocycles. The molecule has 0 unspecified atom stereocenters. The number of aromatic carboxylic acids is 1. The van der Waals surface area contributed by atoms with Gasteiger partial charge in [0.05, 0.1) is 35.0 Å². The summed E-state index contributed by atoms with van der Waals surface area (Å²) in [6.45, 7) is 0.793. The van der Waals surface area contributed by atoms with Gasteiger partial charge in [-0.1, -0.05) is 11.6 Å². The van der Waals surface area contributed by atoms with E-state index >= 15 is 0 Å². The molecular weight excluding hydrogens is 412 g/mol. The Morgan fingerprint density at radius 3 is 2.60 bits per heavy atom. The van der Waals surface area contributed by atoms with Gasteiger partial charge in [-0.3, -0.25) is 19.3 Å². The highest BCUT2D eigenvalue weighted by atomic mass is 35.5. The van der Waals surface area contributed by atoms with E-state index in [-0.39, 0.29) is 45.6 Å². The van der Waals surface area contributed by atoms with Gasteiger partial charge in [-0.25, -0.2) is 4.79 Å². The largest absolute Gasteiger partial charge is 0.478 e. The van der Waals surface area contributed by atoms with Gasteiger partial charge < -0.3 is 15.2 Å². The number of halogens is 1. The van der Waals surface area contributed by atoms with Crippen LogP contribution >= 0.6 is 11.6 Å². The SMILES string of the molecule is O=C(Nc1ccc(Cl)cc1C(=O)O)c1ccc2c(c1)C(=O)N(C[C@H]1CCCO1)C2=O. The maximum Gasteiger partial charge on any atom is 0.337 e. The number of hydrogen-bond donors (Lipinski definition) is 2. The number of hydrogen-bond acceptors (Lipinski definition) is 5. The van der Waals surface area contributed by atoms with E-state index in [2.05, 4.69) is 5.32 Å². The lowest BCUT2D eigenvalue weighted by Gasteiger charge is -2.17. The van der Waals surface area contributed by atoms with Crippen molar-refractivity contribution in [3.05, 3.63) is 63.7 Å². The number of imide groups is 1. The van der Waals surface area contributed by atoms with Crippen molar-refractivity contribution in [2.45, 2.75) is 18.9 Å². The van der Waals surface area contributed by atoms with Crippen molar-refractivity contribution in [3.8, 4) is 0 Å². The molecule has 0 aliphatic carbocycles. The Hall–Kier alpha value is -3.23. The lowest BCUT2D eigenvalue weighted by Crippen LogP contribution is -2.36. The number of anilines is 1. The molecule has 1 saturated heterocycles. The molecule has 2 aliphatic rings. The Labute approximate surface area is 176 Å². The molecule has 3 amide bonds. The molecule has 1 atom stereocenters. The van der Waals surface area contributed by atoms with Crippen molar-refractivity contribution in [1.82, 2.24) is 4.90 Å². The number of nitrogens with zero attached hydrogens (tertiary/aromatic N) is 1. The van der Waals surface area contributed by atoms with Gasteiger partial charge in [0.15, 0.2) is 0 Å². The third-order valence-corrected chi connectivity index (χ3v) is 5.34. The monoisotopic (exact) mass is 428 g/mol. The molecule has 0 radical (unpaired) electrons. The third kappa shape index (κ3) is 3.67. The van der Waals surface area contributed by atoms with Crippen molar-refractivity contribution in [3.63, 3.8) is 0 Å². The fraction of sp³-hybridized carbons (Fsp3) is 0.238. The molecule has 2 aromatic rings. The van der Waals surface area contributed by atoms with Crippen molar-refractivity contribution < 1.29 is 29.0 Å².